The van der Waals surface area contributed by atoms with E-state index >= 15 is 0 Å². The summed E-state index contributed by atoms with van der Waals surface area (Å²) in [5.41, 5.74) is 0.742. The number of nitrogens with one attached hydrogen (secondary N) is 1. The standard InChI is InChI=1S/C17H18N2O2/c1-19(2)10-9-18-17(20)16-11-14-13-6-4-3-5-12(13)7-8-15(14)21-16/h3-8,11H,9-10H2,1-2H3,(H,18,20). The molecular weight excluding hydrogens is 264 g/mol. The maximum atomic E-state index is 12.1. The van der Waals surface area contributed by atoms with Crippen molar-refractivity contribution in [2.75, 3.05) is 27.2 Å². The molecule has 0 atom stereocenters. The van der Waals surface area contributed by atoms with Crippen LogP contribution in [0, 0.1) is 0 Å². The highest BCUT2D eigenvalue weighted by Gasteiger charge is 2.13. The van der Waals surface area contributed by atoms with Crippen molar-refractivity contribution in [3.05, 3.63) is 48.2 Å². The molecule has 1 aromatic heterocycles. The predicted molar refractivity (Wildman–Crippen MR) is 84.6 cm³/mol. The Bertz CT molecular complexity index is 790. The first-order chi connectivity index (χ1) is 10.1. The molecule has 2 aromatic carbocycles. The number of carbonyl (C=O) groups excluding carboxylic acids is 1. The van der Waals surface area contributed by atoms with Crippen molar-refractivity contribution in [1.82, 2.24) is 10.2 Å². The third kappa shape index (κ3) is 2.76. The smallest absolute Gasteiger partial charge is 0.287 e. The van der Waals surface area contributed by atoms with Crippen molar-refractivity contribution in [3.8, 4) is 0 Å². The number of nitrogens with zero attached hydrogens (tertiary/aromatic N) is 1. The van der Waals surface area contributed by atoms with E-state index in [1.165, 1.54) is 0 Å². The lowest BCUT2D eigenvalue weighted by Gasteiger charge is -2.09. The molecule has 108 valence electrons. The summed E-state index contributed by atoms with van der Waals surface area (Å²) in [4.78, 5) is 14.1. The van der Waals surface area contributed by atoms with Gasteiger partial charge >= 0.3 is 0 Å². The summed E-state index contributed by atoms with van der Waals surface area (Å²) in [6, 6.07) is 13.8. The van der Waals surface area contributed by atoms with Crippen LogP contribution in [0.15, 0.2) is 46.9 Å². The van der Waals surface area contributed by atoms with Crippen LogP contribution in [0.1, 0.15) is 10.6 Å². The van der Waals surface area contributed by atoms with Gasteiger partial charge in [0.1, 0.15) is 5.58 Å². The van der Waals surface area contributed by atoms with Crippen molar-refractivity contribution in [3.63, 3.8) is 0 Å². The molecule has 0 aliphatic heterocycles. The van der Waals surface area contributed by atoms with Crippen LogP contribution >= 0.6 is 0 Å². The van der Waals surface area contributed by atoms with E-state index in [0.717, 1.165) is 28.3 Å². The van der Waals surface area contributed by atoms with Gasteiger partial charge in [-0.05, 0) is 37.0 Å². The topological polar surface area (TPSA) is 45.5 Å². The van der Waals surface area contributed by atoms with Crippen molar-refractivity contribution in [1.29, 1.82) is 0 Å². The zero-order valence-corrected chi connectivity index (χ0v) is 12.2. The van der Waals surface area contributed by atoms with E-state index in [2.05, 4.69) is 11.4 Å². The third-order valence-electron chi connectivity index (χ3n) is 3.49. The van der Waals surface area contributed by atoms with Gasteiger partial charge in [0.05, 0.1) is 0 Å². The van der Waals surface area contributed by atoms with Crippen molar-refractivity contribution < 1.29 is 9.21 Å². The molecule has 0 saturated heterocycles. The average molecular weight is 282 g/mol. The second kappa shape index (κ2) is 5.58. The van der Waals surface area contributed by atoms with Crippen LogP contribution in [-0.4, -0.2) is 38.0 Å². The van der Waals surface area contributed by atoms with E-state index in [0.29, 0.717) is 12.3 Å². The van der Waals surface area contributed by atoms with E-state index < -0.39 is 0 Å². The summed E-state index contributed by atoms with van der Waals surface area (Å²) in [5.74, 6) is 0.192. The Balaban J connectivity index is 1.90. The summed E-state index contributed by atoms with van der Waals surface area (Å²) in [6.45, 7) is 1.40. The lowest BCUT2D eigenvalue weighted by atomic mass is 10.1. The maximum absolute atomic E-state index is 12.1. The molecule has 4 heteroatoms. The minimum atomic E-state index is -0.169. The zero-order chi connectivity index (χ0) is 14.8. The second-order valence-electron chi connectivity index (χ2n) is 5.37. The Morgan fingerprint density at radius 2 is 1.95 bits per heavy atom. The normalized spacial score (nSPS) is 11.4. The number of carbonyl (C=O) groups is 1. The number of likely N-dealkylation sites (N-methyl/N-ethyl adjacent to an activating group) is 1. The highest BCUT2D eigenvalue weighted by molar-refractivity contribution is 6.08. The first-order valence-corrected chi connectivity index (χ1v) is 6.99. The zero-order valence-electron chi connectivity index (χ0n) is 12.2. The van der Waals surface area contributed by atoms with Gasteiger partial charge in [-0.15, -0.1) is 0 Å². The van der Waals surface area contributed by atoms with Gasteiger partial charge in [-0.3, -0.25) is 4.79 Å². The summed E-state index contributed by atoms with van der Waals surface area (Å²) in [7, 11) is 3.94. The monoisotopic (exact) mass is 282 g/mol. The minimum Gasteiger partial charge on any atom is -0.451 e. The number of hydrogen-bond donors (Lipinski definition) is 1. The summed E-state index contributed by atoms with van der Waals surface area (Å²) >= 11 is 0. The van der Waals surface area contributed by atoms with E-state index in [1.54, 1.807) is 0 Å². The van der Waals surface area contributed by atoms with Crippen LogP contribution in [0.5, 0.6) is 0 Å². The lowest BCUT2D eigenvalue weighted by molar-refractivity contribution is 0.0925. The van der Waals surface area contributed by atoms with Gasteiger partial charge in [0.15, 0.2) is 5.76 Å². The Kier molecular flexibility index (Phi) is 3.62. The fourth-order valence-corrected chi connectivity index (χ4v) is 2.38. The van der Waals surface area contributed by atoms with Gasteiger partial charge in [-0.1, -0.05) is 30.3 Å². The van der Waals surface area contributed by atoms with Crippen molar-refractivity contribution in [2.24, 2.45) is 0 Å². The van der Waals surface area contributed by atoms with Gasteiger partial charge in [0.25, 0.3) is 5.91 Å². The number of fused-ring (bicyclic) bond motifs is 3. The van der Waals surface area contributed by atoms with Gasteiger partial charge < -0.3 is 14.6 Å². The Morgan fingerprint density at radius 1 is 1.14 bits per heavy atom. The molecule has 1 N–H and O–H groups in total. The lowest BCUT2D eigenvalue weighted by Crippen LogP contribution is -2.31. The second-order valence-corrected chi connectivity index (χ2v) is 5.37. The van der Waals surface area contributed by atoms with Crippen molar-refractivity contribution >= 4 is 27.6 Å². The predicted octanol–water partition coefficient (Wildman–Crippen LogP) is 2.88. The molecule has 0 spiro atoms. The number of amides is 1. The number of hydrogen-bond acceptors (Lipinski definition) is 3. The molecule has 1 amide bonds. The fraction of sp³-hybridized carbons (Fsp3) is 0.235. The highest BCUT2D eigenvalue weighted by Crippen LogP contribution is 2.27. The SMILES string of the molecule is CN(C)CCNC(=O)c1cc2c(ccc3ccccc32)o1. The molecule has 0 aliphatic carbocycles. The number of rotatable bonds is 4. The molecule has 0 fully saturated rings. The maximum Gasteiger partial charge on any atom is 0.287 e. The molecule has 0 unspecified atom stereocenters. The number of furan rings is 1. The molecular formula is C17H18N2O2. The summed E-state index contributed by atoms with van der Waals surface area (Å²) in [5, 5.41) is 6.09. The Morgan fingerprint density at radius 3 is 2.76 bits per heavy atom. The Labute approximate surface area is 123 Å². The summed E-state index contributed by atoms with van der Waals surface area (Å²) < 4.78 is 5.67. The van der Waals surface area contributed by atoms with Gasteiger partial charge in [-0.2, -0.15) is 0 Å². The molecule has 1 heterocycles. The quantitative estimate of drug-likeness (QED) is 0.800. The molecule has 3 rings (SSSR count). The number of benzene rings is 2. The van der Waals surface area contributed by atoms with Crippen LogP contribution in [0.25, 0.3) is 21.7 Å². The van der Waals surface area contributed by atoms with Crippen LogP contribution in [0.3, 0.4) is 0 Å². The van der Waals surface area contributed by atoms with Gasteiger partial charge in [0.2, 0.25) is 0 Å². The largest absolute Gasteiger partial charge is 0.451 e. The van der Waals surface area contributed by atoms with E-state index in [1.807, 2.05) is 55.4 Å². The summed E-state index contributed by atoms with van der Waals surface area (Å²) in [6.07, 6.45) is 0. The first-order valence-electron chi connectivity index (χ1n) is 6.99. The molecule has 4 nitrogen and oxygen atoms in total. The van der Waals surface area contributed by atoms with Crippen LogP contribution in [0.2, 0.25) is 0 Å². The van der Waals surface area contributed by atoms with E-state index in [9.17, 15) is 4.79 Å². The molecule has 21 heavy (non-hydrogen) atoms. The Hall–Kier alpha value is -2.33. The average Bonchev–Trinajstić information content (AvgIpc) is 2.91. The van der Waals surface area contributed by atoms with E-state index in [4.69, 9.17) is 4.42 Å². The third-order valence-corrected chi connectivity index (χ3v) is 3.49. The van der Waals surface area contributed by atoms with E-state index in [-0.39, 0.29) is 5.91 Å². The van der Waals surface area contributed by atoms with Crippen LogP contribution < -0.4 is 5.32 Å². The minimum absolute atomic E-state index is 0.169. The molecule has 0 bridgehead atoms. The van der Waals surface area contributed by atoms with Gasteiger partial charge in [-0.25, -0.2) is 0 Å². The molecule has 0 aliphatic rings. The van der Waals surface area contributed by atoms with Crippen LogP contribution in [-0.2, 0) is 0 Å². The van der Waals surface area contributed by atoms with Crippen molar-refractivity contribution in [2.45, 2.75) is 0 Å². The highest BCUT2D eigenvalue weighted by atomic mass is 16.3. The molecule has 0 saturated carbocycles. The van der Waals surface area contributed by atoms with Gasteiger partial charge in [0, 0.05) is 18.5 Å². The first kappa shape index (κ1) is 13.6. The molecule has 3 aromatic rings. The van der Waals surface area contributed by atoms with Crippen LogP contribution in [0.4, 0.5) is 0 Å². The fourth-order valence-electron chi connectivity index (χ4n) is 2.38. The molecule has 0 radical (unpaired) electrons.